The van der Waals surface area contributed by atoms with Crippen LogP contribution in [0.4, 0.5) is 57.1 Å². The molecular weight excluding hydrogens is 659 g/mol. The summed E-state index contributed by atoms with van der Waals surface area (Å²) in [7, 11) is -0.536. The van der Waals surface area contributed by atoms with Crippen LogP contribution in [0.1, 0.15) is 39.0 Å². The van der Waals surface area contributed by atoms with Gasteiger partial charge in [-0.2, -0.15) is 57.1 Å². The molecule has 0 saturated heterocycles. The highest BCUT2D eigenvalue weighted by Crippen LogP contribution is 2.60. The van der Waals surface area contributed by atoms with Gasteiger partial charge in [-0.05, 0) is 51.2 Å². The molecule has 0 radical (unpaired) electrons. The SMILES string of the molecule is CO[Si](CCCC(C)C(CCCOCCC(F)(F)C(F)(F)C(F)(F)C(F)(F)C(F)(F)C(F)(F)F)O[Si](C)(C)C)(OC)OC. The molecule has 0 bridgehead atoms. The topological polar surface area (TPSA) is 46.2 Å². The van der Waals surface area contributed by atoms with Gasteiger partial charge in [0.25, 0.3) is 0 Å². The van der Waals surface area contributed by atoms with Gasteiger partial charge in [0.05, 0.1) is 6.61 Å². The molecule has 0 fully saturated rings. The number of ether oxygens (including phenoxy) is 1. The van der Waals surface area contributed by atoms with Crippen LogP contribution in [0, 0.1) is 5.92 Å². The van der Waals surface area contributed by atoms with Gasteiger partial charge < -0.3 is 22.4 Å². The molecular formula is C23H39F13O5Si2. The van der Waals surface area contributed by atoms with Gasteiger partial charge in [0, 0.05) is 46.5 Å². The Bertz CT molecular complexity index is 827. The van der Waals surface area contributed by atoms with Crippen LogP contribution in [0.2, 0.25) is 25.7 Å². The van der Waals surface area contributed by atoms with E-state index < -0.39 is 72.5 Å². The van der Waals surface area contributed by atoms with E-state index in [2.05, 4.69) is 0 Å². The van der Waals surface area contributed by atoms with Crippen LogP contribution in [0.25, 0.3) is 0 Å². The maximum Gasteiger partial charge on any atom is 0.500 e. The number of rotatable bonds is 21. The van der Waals surface area contributed by atoms with Gasteiger partial charge in [-0.1, -0.05) is 6.92 Å². The molecule has 0 aliphatic rings. The molecule has 0 aromatic carbocycles. The van der Waals surface area contributed by atoms with Gasteiger partial charge >= 0.3 is 44.6 Å². The molecule has 0 amide bonds. The summed E-state index contributed by atoms with van der Waals surface area (Å²) in [6, 6.07) is 0.501. The van der Waals surface area contributed by atoms with E-state index >= 15 is 0 Å². The highest BCUT2D eigenvalue weighted by Gasteiger charge is 2.90. The molecule has 5 nitrogen and oxygen atoms in total. The fraction of sp³-hybridized carbons (Fsp3) is 1.00. The summed E-state index contributed by atoms with van der Waals surface area (Å²) >= 11 is 0. The van der Waals surface area contributed by atoms with E-state index in [1.165, 1.54) is 21.3 Å². The predicted octanol–water partition coefficient (Wildman–Crippen LogP) is 8.43. The zero-order chi connectivity index (χ0) is 34.3. The summed E-state index contributed by atoms with van der Waals surface area (Å²) in [5.41, 5.74) is 0. The lowest BCUT2D eigenvalue weighted by Crippen LogP contribution is -2.70. The van der Waals surface area contributed by atoms with Crippen molar-refractivity contribution >= 4 is 17.1 Å². The Hall–Kier alpha value is -0.676. The summed E-state index contributed by atoms with van der Waals surface area (Å²) in [6.45, 7) is 5.80. The lowest BCUT2D eigenvalue weighted by atomic mass is 9.93. The molecule has 0 aliphatic carbocycles. The maximum absolute atomic E-state index is 13.9. The van der Waals surface area contributed by atoms with Crippen molar-refractivity contribution in [2.24, 2.45) is 5.92 Å². The minimum atomic E-state index is -7.91. The number of alkyl halides is 13. The van der Waals surface area contributed by atoms with Crippen LogP contribution in [0.3, 0.4) is 0 Å². The van der Waals surface area contributed by atoms with Crippen molar-refractivity contribution < 1.29 is 79.5 Å². The molecule has 0 aromatic heterocycles. The van der Waals surface area contributed by atoms with Crippen molar-refractivity contribution in [3.05, 3.63) is 0 Å². The Kier molecular flexibility index (Phi) is 15.0. The van der Waals surface area contributed by atoms with Crippen LogP contribution in [0.5, 0.6) is 0 Å². The van der Waals surface area contributed by atoms with Crippen LogP contribution in [0.15, 0.2) is 0 Å². The highest BCUT2D eigenvalue weighted by molar-refractivity contribution is 6.69. The van der Waals surface area contributed by atoms with Gasteiger partial charge in [-0.25, -0.2) is 0 Å². The number of hydrogen-bond donors (Lipinski definition) is 0. The summed E-state index contributed by atoms with van der Waals surface area (Å²) in [5, 5.41) is 0. The Morgan fingerprint density at radius 2 is 1.07 bits per heavy atom. The summed E-state index contributed by atoms with van der Waals surface area (Å²) in [6.07, 6.45) is -8.52. The Morgan fingerprint density at radius 1 is 0.605 bits per heavy atom. The van der Waals surface area contributed by atoms with Crippen LogP contribution >= 0.6 is 0 Å². The zero-order valence-corrected chi connectivity index (χ0v) is 26.8. The predicted molar refractivity (Wildman–Crippen MR) is 134 cm³/mol. The first-order valence-electron chi connectivity index (χ1n) is 13.0. The fourth-order valence-electron chi connectivity index (χ4n) is 3.94. The normalized spacial score (nSPS) is 16.5. The van der Waals surface area contributed by atoms with Crippen LogP contribution in [-0.4, -0.2) is 93.6 Å². The molecule has 43 heavy (non-hydrogen) atoms. The van der Waals surface area contributed by atoms with Gasteiger partial charge in [0.1, 0.15) is 0 Å². The molecule has 260 valence electrons. The highest BCUT2D eigenvalue weighted by atomic mass is 28.4. The van der Waals surface area contributed by atoms with Crippen molar-refractivity contribution in [2.45, 2.75) is 107 Å². The zero-order valence-electron chi connectivity index (χ0n) is 24.8. The standard InChI is InChI=1S/C23H39F13O5Si2/c1-16(10-9-15-43(37-2,38-3)39-4)17(41-42(5,6)7)11-8-13-40-14-12-18(24,25)19(26,27)20(28,29)21(30,31)22(32,33)23(34,35)36/h16-17H,8-15H2,1-7H3. The molecule has 2 unspecified atom stereocenters. The monoisotopic (exact) mass is 698 g/mol. The van der Waals surface area contributed by atoms with E-state index in [9.17, 15) is 57.1 Å². The first kappa shape index (κ1) is 42.3. The van der Waals surface area contributed by atoms with Crippen molar-refractivity contribution in [1.29, 1.82) is 0 Å². The first-order valence-corrected chi connectivity index (χ1v) is 18.3. The third-order valence-electron chi connectivity index (χ3n) is 6.55. The van der Waals surface area contributed by atoms with Crippen molar-refractivity contribution in [3.8, 4) is 0 Å². The minimum Gasteiger partial charge on any atom is -0.414 e. The molecule has 0 N–H and O–H groups in total. The largest absolute Gasteiger partial charge is 0.500 e. The molecule has 0 aliphatic heterocycles. The minimum absolute atomic E-state index is 0.0502. The Labute approximate surface area is 244 Å². The van der Waals surface area contributed by atoms with Crippen molar-refractivity contribution in [3.63, 3.8) is 0 Å². The number of hydrogen-bond acceptors (Lipinski definition) is 5. The number of halogens is 13. The average Bonchev–Trinajstić information content (AvgIpc) is 2.86. The summed E-state index contributed by atoms with van der Waals surface area (Å²) in [4.78, 5) is 0. The second-order valence-electron chi connectivity index (χ2n) is 10.9. The van der Waals surface area contributed by atoms with Gasteiger partial charge in [-0.3, -0.25) is 0 Å². The van der Waals surface area contributed by atoms with Crippen LogP contribution in [-0.2, 0) is 22.4 Å². The smallest absolute Gasteiger partial charge is 0.414 e. The maximum atomic E-state index is 13.9. The third kappa shape index (κ3) is 10.2. The van der Waals surface area contributed by atoms with Gasteiger partial charge in [-0.15, -0.1) is 0 Å². The lowest BCUT2D eigenvalue weighted by molar-refractivity contribution is -0.440. The van der Waals surface area contributed by atoms with E-state index in [1.54, 1.807) is 0 Å². The molecule has 2 atom stereocenters. The molecule has 0 saturated carbocycles. The van der Waals surface area contributed by atoms with E-state index in [0.717, 1.165) is 0 Å². The molecule has 0 aromatic rings. The summed E-state index contributed by atoms with van der Waals surface area (Å²) < 4.78 is 199. The molecule has 20 heteroatoms. The Morgan fingerprint density at radius 3 is 1.49 bits per heavy atom. The first-order chi connectivity index (χ1) is 19.1. The fourth-order valence-corrected chi connectivity index (χ4v) is 6.95. The van der Waals surface area contributed by atoms with E-state index in [1.807, 2.05) is 26.6 Å². The lowest BCUT2D eigenvalue weighted by Gasteiger charge is -2.39. The molecule has 0 rings (SSSR count). The van der Waals surface area contributed by atoms with E-state index in [-0.39, 0.29) is 24.9 Å². The second-order valence-corrected chi connectivity index (χ2v) is 18.5. The quantitative estimate of drug-likeness (QED) is 0.0685. The van der Waals surface area contributed by atoms with Gasteiger partial charge in [0.2, 0.25) is 0 Å². The third-order valence-corrected chi connectivity index (χ3v) is 10.4. The van der Waals surface area contributed by atoms with E-state index in [0.29, 0.717) is 18.9 Å². The molecule has 0 spiro atoms. The van der Waals surface area contributed by atoms with Crippen molar-refractivity contribution in [1.82, 2.24) is 0 Å². The molecule has 0 heterocycles. The van der Waals surface area contributed by atoms with Crippen LogP contribution < -0.4 is 0 Å². The summed E-state index contributed by atoms with van der Waals surface area (Å²) in [5.74, 6) is -36.9. The second kappa shape index (κ2) is 15.3. The Balaban J connectivity index is 5.23. The van der Waals surface area contributed by atoms with Crippen molar-refractivity contribution in [2.75, 3.05) is 34.5 Å². The average molecular weight is 699 g/mol. The van der Waals surface area contributed by atoms with Gasteiger partial charge in [0.15, 0.2) is 8.32 Å². The van der Waals surface area contributed by atoms with E-state index in [4.69, 9.17) is 22.4 Å².